The van der Waals surface area contributed by atoms with Crippen molar-refractivity contribution < 1.29 is 0 Å². The molecule has 0 bridgehead atoms. The van der Waals surface area contributed by atoms with E-state index in [2.05, 4.69) is 30.3 Å². The molecular formula is C13H18N2S. The molecule has 2 aromatic heterocycles. The largest absolute Gasteiger partial charge is 0.324 e. The van der Waals surface area contributed by atoms with Gasteiger partial charge in [-0.05, 0) is 29.0 Å². The van der Waals surface area contributed by atoms with Gasteiger partial charge in [0.1, 0.15) is 0 Å². The maximum absolute atomic E-state index is 6.28. The summed E-state index contributed by atoms with van der Waals surface area (Å²) in [6.07, 6.45) is 4.18. The molecule has 86 valence electrons. The Morgan fingerprint density at radius 3 is 2.81 bits per heavy atom. The first kappa shape index (κ1) is 11.6. The van der Waals surface area contributed by atoms with E-state index in [1.165, 1.54) is 10.3 Å². The van der Waals surface area contributed by atoms with Crippen molar-refractivity contribution in [3.63, 3.8) is 0 Å². The summed E-state index contributed by atoms with van der Waals surface area (Å²) in [5.41, 5.74) is 8.53. The number of pyridine rings is 1. The molecule has 0 fully saturated rings. The minimum absolute atomic E-state index is 0.119. The molecule has 3 heteroatoms. The number of thiophene rings is 1. The second-order valence-electron chi connectivity index (χ2n) is 4.17. The van der Waals surface area contributed by atoms with Crippen molar-refractivity contribution in [2.75, 3.05) is 0 Å². The van der Waals surface area contributed by atoms with Crippen LogP contribution < -0.4 is 5.73 Å². The molecule has 16 heavy (non-hydrogen) atoms. The summed E-state index contributed by atoms with van der Waals surface area (Å²) < 4.78 is 1.24. The van der Waals surface area contributed by atoms with Crippen LogP contribution in [0.3, 0.4) is 0 Å². The van der Waals surface area contributed by atoms with E-state index in [1.54, 1.807) is 11.3 Å². The minimum atomic E-state index is 0.119. The quantitative estimate of drug-likeness (QED) is 0.875. The fraction of sp³-hybridized carbons (Fsp3) is 0.462. The van der Waals surface area contributed by atoms with Gasteiger partial charge < -0.3 is 5.73 Å². The Kier molecular flexibility index (Phi) is 3.56. The number of hydrogen-bond acceptors (Lipinski definition) is 3. The molecule has 0 radical (unpaired) electrons. The van der Waals surface area contributed by atoms with Crippen LogP contribution in [0.4, 0.5) is 0 Å². The van der Waals surface area contributed by atoms with Crippen molar-refractivity contribution in [1.29, 1.82) is 0 Å². The summed E-state index contributed by atoms with van der Waals surface area (Å²) in [6, 6.07) is 4.36. The topological polar surface area (TPSA) is 38.9 Å². The van der Waals surface area contributed by atoms with Crippen molar-refractivity contribution in [3.05, 3.63) is 29.3 Å². The summed E-state index contributed by atoms with van der Waals surface area (Å²) in [5.74, 6) is 0.555. The van der Waals surface area contributed by atoms with Crippen LogP contribution in [0.25, 0.3) is 10.2 Å². The lowest BCUT2D eigenvalue weighted by atomic mass is 9.90. The molecule has 0 aliphatic carbocycles. The smallest absolute Gasteiger partial charge is 0.0809 e. The Morgan fingerprint density at radius 1 is 1.38 bits per heavy atom. The van der Waals surface area contributed by atoms with Gasteiger partial charge in [0.05, 0.1) is 10.2 Å². The monoisotopic (exact) mass is 234 g/mol. The lowest BCUT2D eigenvalue weighted by Gasteiger charge is -2.21. The van der Waals surface area contributed by atoms with Crippen LogP contribution in [0.2, 0.25) is 0 Å². The highest BCUT2D eigenvalue weighted by Gasteiger charge is 2.16. The Hall–Kier alpha value is -0.930. The number of aromatic nitrogens is 1. The molecule has 0 saturated carbocycles. The normalized spacial score (nSPS) is 13.5. The third-order valence-corrected chi connectivity index (χ3v) is 4.12. The van der Waals surface area contributed by atoms with Gasteiger partial charge in [0.25, 0.3) is 0 Å². The molecule has 1 atom stereocenters. The zero-order chi connectivity index (χ0) is 11.5. The fourth-order valence-corrected chi connectivity index (χ4v) is 2.90. The highest BCUT2D eigenvalue weighted by molar-refractivity contribution is 7.17. The predicted octanol–water partition coefficient (Wildman–Crippen LogP) is 3.73. The molecule has 0 amide bonds. The minimum Gasteiger partial charge on any atom is -0.324 e. The van der Waals surface area contributed by atoms with Gasteiger partial charge in [0, 0.05) is 12.2 Å². The first-order chi connectivity index (χ1) is 7.76. The lowest BCUT2D eigenvalue weighted by Crippen LogP contribution is -2.20. The van der Waals surface area contributed by atoms with Gasteiger partial charge in [-0.3, -0.25) is 4.98 Å². The van der Waals surface area contributed by atoms with Gasteiger partial charge >= 0.3 is 0 Å². The Morgan fingerprint density at radius 2 is 2.12 bits per heavy atom. The molecule has 2 heterocycles. The lowest BCUT2D eigenvalue weighted by molar-refractivity contribution is 0.405. The summed E-state index contributed by atoms with van der Waals surface area (Å²) in [7, 11) is 0. The Balaban J connectivity index is 2.31. The molecule has 1 unspecified atom stereocenters. The second-order valence-corrected chi connectivity index (χ2v) is 5.12. The van der Waals surface area contributed by atoms with Gasteiger partial charge in [0.15, 0.2) is 0 Å². The van der Waals surface area contributed by atoms with E-state index in [9.17, 15) is 0 Å². The van der Waals surface area contributed by atoms with E-state index in [-0.39, 0.29) is 6.04 Å². The molecule has 0 aromatic carbocycles. The van der Waals surface area contributed by atoms with Crippen LogP contribution in [-0.4, -0.2) is 4.98 Å². The summed E-state index contributed by atoms with van der Waals surface area (Å²) >= 11 is 1.73. The molecular weight excluding hydrogens is 216 g/mol. The van der Waals surface area contributed by atoms with E-state index in [0.29, 0.717) is 5.92 Å². The predicted molar refractivity (Wildman–Crippen MR) is 70.6 cm³/mol. The summed E-state index contributed by atoms with van der Waals surface area (Å²) in [5, 5.41) is 2.07. The molecule has 2 N–H and O–H groups in total. The van der Waals surface area contributed by atoms with E-state index >= 15 is 0 Å². The van der Waals surface area contributed by atoms with Crippen LogP contribution in [0, 0.1) is 5.92 Å². The zero-order valence-electron chi connectivity index (χ0n) is 9.81. The molecule has 0 spiro atoms. The van der Waals surface area contributed by atoms with Gasteiger partial charge in [-0.2, -0.15) is 0 Å². The van der Waals surface area contributed by atoms with Crippen LogP contribution >= 0.6 is 11.3 Å². The highest BCUT2D eigenvalue weighted by atomic mass is 32.1. The van der Waals surface area contributed by atoms with E-state index in [4.69, 9.17) is 5.73 Å². The van der Waals surface area contributed by atoms with Gasteiger partial charge in [-0.1, -0.05) is 26.7 Å². The number of hydrogen-bond donors (Lipinski definition) is 1. The maximum atomic E-state index is 6.28. The van der Waals surface area contributed by atoms with Crippen LogP contribution in [-0.2, 0) is 0 Å². The third kappa shape index (κ3) is 2.11. The van der Waals surface area contributed by atoms with Gasteiger partial charge in [0.2, 0.25) is 0 Å². The van der Waals surface area contributed by atoms with Crippen LogP contribution in [0.1, 0.15) is 38.3 Å². The SMILES string of the molecule is CCC(CC)C(N)c1cnc2ccsc2c1. The van der Waals surface area contributed by atoms with Crippen molar-refractivity contribution in [3.8, 4) is 0 Å². The number of fused-ring (bicyclic) bond motifs is 1. The van der Waals surface area contributed by atoms with Gasteiger partial charge in [-0.25, -0.2) is 0 Å². The first-order valence-corrected chi connectivity index (χ1v) is 6.73. The van der Waals surface area contributed by atoms with Crippen molar-refractivity contribution >= 4 is 21.6 Å². The van der Waals surface area contributed by atoms with Crippen molar-refractivity contribution in [1.82, 2.24) is 4.98 Å². The molecule has 0 saturated heterocycles. The van der Waals surface area contributed by atoms with E-state index in [0.717, 1.165) is 18.4 Å². The second kappa shape index (κ2) is 4.93. The Labute approximate surface area is 101 Å². The first-order valence-electron chi connectivity index (χ1n) is 5.85. The fourth-order valence-electron chi connectivity index (χ4n) is 2.11. The molecule has 2 aromatic rings. The zero-order valence-corrected chi connectivity index (χ0v) is 10.6. The van der Waals surface area contributed by atoms with Crippen LogP contribution in [0.5, 0.6) is 0 Å². The van der Waals surface area contributed by atoms with Gasteiger partial charge in [-0.15, -0.1) is 11.3 Å². The van der Waals surface area contributed by atoms with Crippen LogP contribution in [0.15, 0.2) is 23.7 Å². The average Bonchev–Trinajstić information content (AvgIpc) is 2.77. The summed E-state index contributed by atoms with van der Waals surface area (Å²) in [4.78, 5) is 4.44. The molecule has 2 rings (SSSR count). The number of nitrogens with two attached hydrogens (primary N) is 1. The Bertz CT molecular complexity index is 460. The number of rotatable bonds is 4. The van der Waals surface area contributed by atoms with E-state index in [1.807, 2.05) is 12.3 Å². The van der Waals surface area contributed by atoms with Crippen molar-refractivity contribution in [2.24, 2.45) is 11.7 Å². The average molecular weight is 234 g/mol. The maximum Gasteiger partial charge on any atom is 0.0809 e. The highest BCUT2D eigenvalue weighted by Crippen LogP contribution is 2.28. The number of nitrogens with zero attached hydrogens (tertiary/aromatic N) is 1. The van der Waals surface area contributed by atoms with Crippen molar-refractivity contribution in [2.45, 2.75) is 32.7 Å². The van der Waals surface area contributed by atoms with E-state index < -0.39 is 0 Å². The molecule has 2 nitrogen and oxygen atoms in total. The standard InChI is InChI=1S/C13H18N2S/c1-3-9(4-2)13(14)10-7-12-11(15-8-10)5-6-16-12/h5-9,13H,3-4,14H2,1-2H3. The molecule has 0 aliphatic heterocycles. The third-order valence-electron chi connectivity index (χ3n) is 3.27. The molecule has 0 aliphatic rings. The summed E-state index contributed by atoms with van der Waals surface area (Å²) in [6.45, 7) is 4.40.